The summed E-state index contributed by atoms with van der Waals surface area (Å²) in [6, 6.07) is 5.15. The highest BCUT2D eigenvalue weighted by Crippen LogP contribution is 2.36. The molecule has 1 aromatic rings. The van der Waals surface area contributed by atoms with Gasteiger partial charge in [-0.1, -0.05) is 13.0 Å². The molecule has 0 unspecified atom stereocenters. The number of unbranched alkanes of at least 4 members (excludes halogenated alkanes) is 2. The maximum absolute atomic E-state index is 11.4. The Morgan fingerprint density at radius 3 is 2.71 bits per heavy atom. The molecule has 1 aromatic carbocycles. The third-order valence-electron chi connectivity index (χ3n) is 3.18. The summed E-state index contributed by atoms with van der Waals surface area (Å²) in [7, 11) is 1.84. The molecule has 6 nitrogen and oxygen atoms in total. The quantitative estimate of drug-likeness (QED) is 0.408. The minimum absolute atomic E-state index is 0.0237. The van der Waals surface area contributed by atoms with Crippen LogP contribution in [-0.4, -0.2) is 36.8 Å². The Kier molecular flexibility index (Phi) is 7.53. The van der Waals surface area contributed by atoms with Crippen LogP contribution in [0, 0.1) is 10.1 Å². The molecule has 0 bridgehead atoms. The molecule has 1 N–H and O–H groups in total. The number of hydrogen-bond acceptors (Lipinski definition) is 5. The Balaban J connectivity index is 2.86. The number of para-hydroxylation sites is 1. The molecule has 0 aromatic heterocycles. The van der Waals surface area contributed by atoms with Gasteiger partial charge in [-0.2, -0.15) is 0 Å². The van der Waals surface area contributed by atoms with Gasteiger partial charge in [-0.3, -0.25) is 10.1 Å². The number of nitro benzene ring substituents is 1. The number of ether oxygens (including phenoxy) is 1. The number of nitro groups is 1. The van der Waals surface area contributed by atoms with Crippen LogP contribution >= 0.6 is 0 Å². The van der Waals surface area contributed by atoms with Gasteiger partial charge in [0, 0.05) is 20.2 Å². The molecular formula is C15H24N2O4. The van der Waals surface area contributed by atoms with E-state index in [-0.39, 0.29) is 17.2 Å². The summed E-state index contributed by atoms with van der Waals surface area (Å²) >= 11 is 0. The van der Waals surface area contributed by atoms with Crippen LogP contribution < -0.4 is 9.64 Å². The van der Waals surface area contributed by atoms with E-state index in [1.165, 1.54) is 0 Å². The minimum atomic E-state index is -0.384. The molecule has 0 saturated carbocycles. The lowest BCUT2D eigenvalue weighted by Gasteiger charge is -2.20. The van der Waals surface area contributed by atoms with Crippen LogP contribution in [0.15, 0.2) is 18.2 Å². The van der Waals surface area contributed by atoms with Crippen molar-refractivity contribution in [1.82, 2.24) is 0 Å². The van der Waals surface area contributed by atoms with Crippen molar-refractivity contribution in [2.24, 2.45) is 0 Å². The summed E-state index contributed by atoms with van der Waals surface area (Å²) in [5, 5.41) is 20.1. The average Bonchev–Trinajstić information content (AvgIpc) is 2.48. The van der Waals surface area contributed by atoms with E-state index in [4.69, 9.17) is 9.84 Å². The fraction of sp³-hybridized carbons (Fsp3) is 0.600. The number of rotatable bonds is 10. The zero-order valence-corrected chi connectivity index (χ0v) is 12.7. The minimum Gasteiger partial charge on any atom is -0.487 e. The first-order chi connectivity index (χ1) is 10.1. The first kappa shape index (κ1) is 17.2. The maximum atomic E-state index is 11.4. The fourth-order valence-corrected chi connectivity index (χ4v) is 2.09. The molecule has 0 aliphatic carbocycles. The summed E-state index contributed by atoms with van der Waals surface area (Å²) in [6.45, 7) is 3.32. The Bertz CT molecular complexity index is 451. The van der Waals surface area contributed by atoms with Gasteiger partial charge in [-0.05, 0) is 37.8 Å². The number of benzene rings is 1. The highest BCUT2D eigenvalue weighted by atomic mass is 16.6. The van der Waals surface area contributed by atoms with Gasteiger partial charge in [0.15, 0.2) is 5.75 Å². The van der Waals surface area contributed by atoms with Crippen molar-refractivity contribution in [3.05, 3.63) is 28.3 Å². The first-order valence-corrected chi connectivity index (χ1v) is 7.34. The number of aliphatic hydroxyl groups is 1. The van der Waals surface area contributed by atoms with E-state index in [0.717, 1.165) is 25.7 Å². The highest BCUT2D eigenvalue weighted by Gasteiger charge is 2.23. The molecule has 21 heavy (non-hydrogen) atoms. The summed E-state index contributed by atoms with van der Waals surface area (Å²) in [5.41, 5.74) is 0.591. The third kappa shape index (κ3) is 5.23. The molecule has 0 atom stereocenters. The lowest BCUT2D eigenvalue weighted by atomic mass is 10.2. The van der Waals surface area contributed by atoms with E-state index in [2.05, 4.69) is 0 Å². The lowest BCUT2D eigenvalue weighted by Crippen LogP contribution is -2.20. The van der Waals surface area contributed by atoms with Gasteiger partial charge in [-0.15, -0.1) is 0 Å². The molecule has 6 heteroatoms. The number of nitrogens with zero attached hydrogens (tertiary/aromatic N) is 2. The highest BCUT2D eigenvalue weighted by molar-refractivity contribution is 5.69. The van der Waals surface area contributed by atoms with Gasteiger partial charge >= 0.3 is 5.69 Å². The van der Waals surface area contributed by atoms with E-state index in [1.807, 2.05) is 18.9 Å². The van der Waals surface area contributed by atoms with Crippen LogP contribution in [0.2, 0.25) is 0 Å². The first-order valence-electron chi connectivity index (χ1n) is 7.34. The molecule has 1 rings (SSSR count). The molecule has 0 saturated heterocycles. The maximum Gasteiger partial charge on any atom is 0.333 e. The normalized spacial score (nSPS) is 10.4. The van der Waals surface area contributed by atoms with Gasteiger partial charge < -0.3 is 14.7 Å². The van der Waals surface area contributed by atoms with E-state index in [1.54, 1.807) is 18.2 Å². The van der Waals surface area contributed by atoms with Crippen molar-refractivity contribution in [2.45, 2.75) is 32.6 Å². The van der Waals surface area contributed by atoms with Crippen molar-refractivity contribution < 1.29 is 14.8 Å². The Morgan fingerprint density at radius 2 is 2.10 bits per heavy atom. The number of hydrogen-bond donors (Lipinski definition) is 1. The van der Waals surface area contributed by atoms with Crippen LogP contribution in [0.5, 0.6) is 5.75 Å². The summed E-state index contributed by atoms with van der Waals surface area (Å²) < 4.78 is 5.48. The fourth-order valence-electron chi connectivity index (χ4n) is 2.09. The topological polar surface area (TPSA) is 75.8 Å². The van der Waals surface area contributed by atoms with E-state index < -0.39 is 0 Å². The van der Waals surface area contributed by atoms with Crippen LogP contribution in [0.1, 0.15) is 32.6 Å². The molecule has 0 radical (unpaired) electrons. The Morgan fingerprint density at radius 1 is 1.33 bits per heavy atom. The molecule has 0 aliphatic rings. The zero-order valence-electron chi connectivity index (χ0n) is 12.7. The molecule has 118 valence electrons. The predicted molar refractivity (Wildman–Crippen MR) is 83.1 cm³/mol. The van der Waals surface area contributed by atoms with Gasteiger partial charge in [0.05, 0.1) is 11.5 Å². The van der Waals surface area contributed by atoms with Crippen molar-refractivity contribution in [2.75, 3.05) is 31.7 Å². The standard InChI is InChI=1S/C15H24N2O4/c1-3-12-21-14-9-7-8-13(15(14)17(19)20)16(2)10-5-4-6-11-18/h7-9,18H,3-6,10-12H2,1-2H3. The molecule has 0 aliphatic heterocycles. The van der Waals surface area contributed by atoms with Gasteiger partial charge in [0.2, 0.25) is 0 Å². The van der Waals surface area contributed by atoms with Crippen LogP contribution in [-0.2, 0) is 0 Å². The summed E-state index contributed by atoms with van der Waals surface area (Å²) in [6.07, 6.45) is 3.35. The van der Waals surface area contributed by atoms with Crippen molar-refractivity contribution in [3.63, 3.8) is 0 Å². The largest absolute Gasteiger partial charge is 0.487 e. The van der Waals surface area contributed by atoms with Crippen molar-refractivity contribution >= 4 is 11.4 Å². The molecular weight excluding hydrogens is 272 g/mol. The van der Waals surface area contributed by atoms with E-state index in [9.17, 15) is 10.1 Å². The van der Waals surface area contributed by atoms with Crippen molar-refractivity contribution in [1.29, 1.82) is 0 Å². The predicted octanol–water partition coefficient (Wildman–Crippen LogP) is 2.98. The number of anilines is 1. The second-order valence-corrected chi connectivity index (χ2v) is 4.94. The monoisotopic (exact) mass is 296 g/mol. The van der Waals surface area contributed by atoms with Gasteiger partial charge in [0.1, 0.15) is 5.69 Å². The second kappa shape index (κ2) is 9.18. The van der Waals surface area contributed by atoms with Crippen molar-refractivity contribution in [3.8, 4) is 5.75 Å². The van der Waals surface area contributed by atoms with Crippen LogP contribution in [0.4, 0.5) is 11.4 Å². The van der Waals surface area contributed by atoms with E-state index >= 15 is 0 Å². The third-order valence-corrected chi connectivity index (χ3v) is 3.18. The summed E-state index contributed by atoms with van der Waals surface area (Å²) in [5.74, 6) is 0.321. The average molecular weight is 296 g/mol. The molecule has 0 amide bonds. The SMILES string of the molecule is CCCOc1cccc(N(C)CCCCCO)c1[N+](=O)[O-]. The second-order valence-electron chi connectivity index (χ2n) is 4.94. The van der Waals surface area contributed by atoms with Gasteiger partial charge in [-0.25, -0.2) is 0 Å². The van der Waals surface area contributed by atoms with Crippen LogP contribution in [0.3, 0.4) is 0 Å². The number of aliphatic hydroxyl groups excluding tert-OH is 1. The van der Waals surface area contributed by atoms with Gasteiger partial charge in [0.25, 0.3) is 0 Å². The molecule has 0 fully saturated rings. The lowest BCUT2D eigenvalue weighted by molar-refractivity contribution is -0.385. The molecule has 0 spiro atoms. The smallest absolute Gasteiger partial charge is 0.333 e. The Hall–Kier alpha value is -1.82. The summed E-state index contributed by atoms with van der Waals surface area (Å²) in [4.78, 5) is 12.8. The molecule has 0 heterocycles. The zero-order chi connectivity index (χ0) is 15.7. The van der Waals surface area contributed by atoms with Crippen LogP contribution in [0.25, 0.3) is 0 Å². The van der Waals surface area contributed by atoms with E-state index in [0.29, 0.717) is 24.6 Å². The Labute approximate surface area is 125 Å².